The summed E-state index contributed by atoms with van der Waals surface area (Å²) in [6.07, 6.45) is 0. The van der Waals surface area contributed by atoms with Gasteiger partial charge in [0.15, 0.2) is 0 Å². The number of likely N-dealkylation sites (N-methyl/N-ethyl adjacent to an activating group) is 1. The molecule has 2 aliphatic heterocycles. The van der Waals surface area contributed by atoms with Crippen LogP contribution in [-0.4, -0.2) is 56.0 Å². The monoisotopic (exact) mass is 339 g/mol. The molecule has 4 rings (SSSR count). The highest BCUT2D eigenvalue weighted by Gasteiger charge is 2.24. The Morgan fingerprint density at radius 2 is 1.79 bits per heavy atom. The summed E-state index contributed by atoms with van der Waals surface area (Å²) < 4.78 is 5.46. The van der Waals surface area contributed by atoms with Gasteiger partial charge in [-0.2, -0.15) is 0 Å². The van der Waals surface area contributed by atoms with E-state index in [0.29, 0.717) is 0 Å². The topological polar surface area (TPSA) is 28.1 Å². The maximum Gasteiger partial charge on any atom is 0.137 e. The number of methoxy groups -OCH3 is 1. The van der Waals surface area contributed by atoms with Crippen molar-refractivity contribution in [2.24, 2.45) is 4.99 Å². The molecule has 2 aromatic carbocycles. The minimum atomic E-state index is 0.877. The Kier molecular flexibility index (Phi) is 4.21. The summed E-state index contributed by atoms with van der Waals surface area (Å²) in [7, 11) is 3.89. The van der Waals surface area contributed by atoms with Gasteiger partial charge in [0, 0.05) is 41.5 Å². The molecule has 24 heavy (non-hydrogen) atoms. The van der Waals surface area contributed by atoms with Crippen LogP contribution in [-0.2, 0) is 0 Å². The number of para-hydroxylation sites is 1. The highest BCUT2D eigenvalue weighted by Crippen LogP contribution is 2.41. The van der Waals surface area contributed by atoms with E-state index in [1.54, 1.807) is 18.9 Å². The van der Waals surface area contributed by atoms with E-state index in [1.807, 2.05) is 6.07 Å². The second-order valence-corrected chi connectivity index (χ2v) is 7.24. The summed E-state index contributed by atoms with van der Waals surface area (Å²) in [5, 5.41) is 0. The number of nitrogens with zero attached hydrogens (tertiary/aromatic N) is 3. The first-order valence-corrected chi connectivity index (χ1v) is 9.04. The van der Waals surface area contributed by atoms with Gasteiger partial charge < -0.3 is 14.5 Å². The largest absolute Gasteiger partial charge is 0.497 e. The zero-order chi connectivity index (χ0) is 16.5. The molecular weight excluding hydrogens is 318 g/mol. The molecule has 5 heteroatoms. The molecule has 0 amide bonds. The number of aliphatic imine (C=N–C) groups is 1. The van der Waals surface area contributed by atoms with E-state index in [0.717, 1.165) is 43.5 Å². The molecule has 0 radical (unpaired) electrons. The lowest BCUT2D eigenvalue weighted by Gasteiger charge is -2.34. The van der Waals surface area contributed by atoms with E-state index in [2.05, 4.69) is 53.2 Å². The Morgan fingerprint density at radius 3 is 2.58 bits per heavy atom. The van der Waals surface area contributed by atoms with Crippen molar-refractivity contribution in [3.8, 4) is 5.75 Å². The molecule has 0 N–H and O–H groups in total. The first-order valence-electron chi connectivity index (χ1n) is 8.22. The molecule has 2 heterocycles. The predicted octanol–water partition coefficient (Wildman–Crippen LogP) is 3.49. The molecule has 2 aliphatic rings. The number of rotatable bonds is 1. The number of fused-ring (bicyclic) bond motifs is 2. The fourth-order valence-corrected chi connectivity index (χ4v) is 4.09. The first-order chi connectivity index (χ1) is 11.7. The third-order valence-electron chi connectivity index (χ3n) is 4.54. The van der Waals surface area contributed by atoms with E-state index < -0.39 is 0 Å². The van der Waals surface area contributed by atoms with Gasteiger partial charge in [-0.25, -0.2) is 4.99 Å². The number of piperazine rings is 1. The minimum Gasteiger partial charge on any atom is -0.497 e. The summed E-state index contributed by atoms with van der Waals surface area (Å²) in [5.41, 5.74) is 2.21. The van der Waals surface area contributed by atoms with Crippen molar-refractivity contribution in [1.29, 1.82) is 0 Å². The molecule has 0 unspecified atom stereocenters. The van der Waals surface area contributed by atoms with Gasteiger partial charge in [0.05, 0.1) is 12.8 Å². The molecule has 1 saturated heterocycles. The van der Waals surface area contributed by atoms with Gasteiger partial charge >= 0.3 is 0 Å². The van der Waals surface area contributed by atoms with Crippen molar-refractivity contribution in [3.63, 3.8) is 0 Å². The lowest BCUT2D eigenvalue weighted by molar-refractivity contribution is 0.215. The average Bonchev–Trinajstić information content (AvgIpc) is 2.78. The van der Waals surface area contributed by atoms with Crippen LogP contribution in [0.25, 0.3) is 0 Å². The van der Waals surface area contributed by atoms with Crippen molar-refractivity contribution >= 4 is 23.3 Å². The Labute approximate surface area is 147 Å². The van der Waals surface area contributed by atoms with Crippen LogP contribution in [0.2, 0.25) is 0 Å². The molecular formula is C19H21N3OS. The number of benzene rings is 2. The molecule has 0 spiro atoms. The lowest BCUT2D eigenvalue weighted by atomic mass is 10.1. The molecule has 0 saturated carbocycles. The lowest BCUT2D eigenvalue weighted by Crippen LogP contribution is -2.47. The second kappa shape index (κ2) is 6.49. The average molecular weight is 339 g/mol. The van der Waals surface area contributed by atoms with Gasteiger partial charge in [0.25, 0.3) is 0 Å². The highest BCUT2D eigenvalue weighted by atomic mass is 32.2. The van der Waals surface area contributed by atoms with Crippen LogP contribution >= 0.6 is 11.8 Å². The van der Waals surface area contributed by atoms with Gasteiger partial charge in [-0.15, -0.1) is 0 Å². The smallest absolute Gasteiger partial charge is 0.137 e. The van der Waals surface area contributed by atoms with Crippen LogP contribution in [0, 0.1) is 0 Å². The number of hydrogen-bond acceptors (Lipinski definition) is 5. The molecule has 4 nitrogen and oxygen atoms in total. The summed E-state index contributed by atoms with van der Waals surface area (Å²) in [5.74, 6) is 1.94. The Hall–Kier alpha value is -1.98. The van der Waals surface area contributed by atoms with Crippen LogP contribution in [0.15, 0.2) is 57.2 Å². The van der Waals surface area contributed by atoms with Crippen LogP contribution in [0.4, 0.5) is 5.69 Å². The Morgan fingerprint density at radius 1 is 1.00 bits per heavy atom. The Bertz CT molecular complexity index is 782. The molecule has 124 valence electrons. The predicted molar refractivity (Wildman–Crippen MR) is 98.8 cm³/mol. The van der Waals surface area contributed by atoms with Crippen LogP contribution in [0.1, 0.15) is 5.56 Å². The summed E-state index contributed by atoms with van der Waals surface area (Å²) >= 11 is 1.78. The van der Waals surface area contributed by atoms with Crippen molar-refractivity contribution in [2.75, 3.05) is 40.3 Å². The van der Waals surface area contributed by atoms with E-state index in [9.17, 15) is 0 Å². The summed E-state index contributed by atoms with van der Waals surface area (Å²) in [4.78, 5) is 12.3. The van der Waals surface area contributed by atoms with E-state index in [-0.39, 0.29) is 0 Å². The van der Waals surface area contributed by atoms with Crippen LogP contribution in [0.5, 0.6) is 5.75 Å². The zero-order valence-electron chi connectivity index (χ0n) is 14.0. The Balaban J connectivity index is 1.83. The molecule has 0 aromatic heterocycles. The molecule has 1 fully saturated rings. The van der Waals surface area contributed by atoms with Gasteiger partial charge in [-0.3, -0.25) is 0 Å². The number of hydrogen-bond donors (Lipinski definition) is 0. The quantitative estimate of drug-likeness (QED) is 0.795. The van der Waals surface area contributed by atoms with E-state index in [1.165, 1.54) is 15.4 Å². The summed E-state index contributed by atoms with van der Waals surface area (Å²) in [6, 6.07) is 14.7. The van der Waals surface area contributed by atoms with Gasteiger partial charge in [0.2, 0.25) is 0 Å². The number of ether oxygens (including phenoxy) is 1. The molecule has 2 aromatic rings. The van der Waals surface area contributed by atoms with Gasteiger partial charge in [0.1, 0.15) is 11.6 Å². The van der Waals surface area contributed by atoms with Crippen molar-refractivity contribution in [3.05, 3.63) is 48.0 Å². The van der Waals surface area contributed by atoms with E-state index in [4.69, 9.17) is 9.73 Å². The second-order valence-electron chi connectivity index (χ2n) is 6.16. The highest BCUT2D eigenvalue weighted by molar-refractivity contribution is 7.99. The summed E-state index contributed by atoms with van der Waals surface area (Å²) in [6.45, 7) is 4.12. The van der Waals surface area contributed by atoms with Crippen LogP contribution < -0.4 is 4.74 Å². The zero-order valence-corrected chi connectivity index (χ0v) is 14.8. The minimum absolute atomic E-state index is 0.877. The van der Waals surface area contributed by atoms with Crippen molar-refractivity contribution in [2.45, 2.75) is 9.79 Å². The normalized spacial score (nSPS) is 17.6. The fourth-order valence-electron chi connectivity index (χ4n) is 3.09. The molecule has 0 atom stereocenters. The fraction of sp³-hybridized carbons (Fsp3) is 0.316. The first kappa shape index (κ1) is 15.5. The number of amidine groups is 1. The van der Waals surface area contributed by atoms with Crippen molar-refractivity contribution < 1.29 is 4.74 Å². The van der Waals surface area contributed by atoms with Crippen molar-refractivity contribution in [1.82, 2.24) is 9.80 Å². The standard InChI is InChI=1S/C19H21N3OS/c1-21-9-11-22(12-10-21)19-15-13-14(23-2)7-8-17(15)24-18-6-4-3-5-16(18)20-19/h3-8,13H,9-12H2,1-2H3. The van der Waals surface area contributed by atoms with Crippen LogP contribution in [0.3, 0.4) is 0 Å². The maximum atomic E-state index is 5.46. The molecule has 0 aliphatic carbocycles. The SMILES string of the molecule is COc1ccc2c(c1)C(N1CCN(C)CC1)=Nc1ccccc1S2. The maximum absolute atomic E-state index is 5.46. The van der Waals surface area contributed by atoms with Gasteiger partial charge in [-0.1, -0.05) is 23.9 Å². The molecule has 0 bridgehead atoms. The van der Waals surface area contributed by atoms with Gasteiger partial charge in [-0.05, 0) is 37.4 Å². The third kappa shape index (κ3) is 2.89. The van der Waals surface area contributed by atoms with E-state index >= 15 is 0 Å². The third-order valence-corrected chi connectivity index (χ3v) is 5.68.